The molecule has 20 heavy (non-hydrogen) atoms. The Hall–Kier alpha value is -2.04. The van der Waals surface area contributed by atoms with Gasteiger partial charge in [0.15, 0.2) is 11.5 Å². The van der Waals surface area contributed by atoms with Crippen molar-refractivity contribution >= 4 is 11.7 Å². The SMILES string of the molecule is CC1CN(C(=O)c2cccc3c2OCCO3)CCC1=O. The van der Waals surface area contributed by atoms with Gasteiger partial charge in [0.05, 0.1) is 5.56 Å². The number of carbonyl (C=O) groups is 2. The van der Waals surface area contributed by atoms with E-state index in [1.807, 2.05) is 6.92 Å². The average Bonchev–Trinajstić information content (AvgIpc) is 2.49. The number of fused-ring (bicyclic) bond motifs is 1. The zero-order valence-electron chi connectivity index (χ0n) is 11.4. The summed E-state index contributed by atoms with van der Waals surface area (Å²) >= 11 is 0. The second-order valence-electron chi connectivity index (χ2n) is 5.20. The van der Waals surface area contributed by atoms with Crippen LogP contribution in [0.5, 0.6) is 11.5 Å². The van der Waals surface area contributed by atoms with Gasteiger partial charge in [-0.25, -0.2) is 0 Å². The Morgan fingerprint density at radius 2 is 2.10 bits per heavy atom. The fourth-order valence-electron chi connectivity index (χ4n) is 2.61. The van der Waals surface area contributed by atoms with Gasteiger partial charge in [-0.1, -0.05) is 13.0 Å². The molecule has 1 aromatic rings. The Balaban J connectivity index is 1.86. The molecule has 1 amide bonds. The third-order valence-corrected chi connectivity index (χ3v) is 3.76. The minimum atomic E-state index is -0.0931. The summed E-state index contributed by atoms with van der Waals surface area (Å²) < 4.78 is 11.1. The van der Waals surface area contributed by atoms with Gasteiger partial charge in [-0.05, 0) is 12.1 Å². The van der Waals surface area contributed by atoms with Crippen molar-refractivity contribution in [2.75, 3.05) is 26.3 Å². The van der Waals surface area contributed by atoms with Gasteiger partial charge < -0.3 is 14.4 Å². The summed E-state index contributed by atoms with van der Waals surface area (Å²) in [5, 5.41) is 0. The molecule has 0 bridgehead atoms. The van der Waals surface area contributed by atoms with Crippen LogP contribution in [0.1, 0.15) is 23.7 Å². The van der Waals surface area contributed by atoms with Gasteiger partial charge in [0.1, 0.15) is 19.0 Å². The molecule has 106 valence electrons. The minimum Gasteiger partial charge on any atom is -0.486 e. The van der Waals surface area contributed by atoms with Gasteiger partial charge in [0, 0.05) is 25.4 Å². The largest absolute Gasteiger partial charge is 0.486 e. The first-order chi connectivity index (χ1) is 9.66. The molecule has 5 heteroatoms. The van der Waals surface area contributed by atoms with Crippen molar-refractivity contribution in [2.45, 2.75) is 13.3 Å². The van der Waals surface area contributed by atoms with Crippen molar-refractivity contribution in [1.82, 2.24) is 4.90 Å². The van der Waals surface area contributed by atoms with E-state index in [-0.39, 0.29) is 17.6 Å². The van der Waals surface area contributed by atoms with Gasteiger partial charge in [-0.15, -0.1) is 0 Å². The van der Waals surface area contributed by atoms with Gasteiger partial charge in [0.2, 0.25) is 0 Å². The summed E-state index contributed by atoms with van der Waals surface area (Å²) in [4.78, 5) is 25.9. The molecule has 5 nitrogen and oxygen atoms in total. The maximum atomic E-state index is 12.6. The molecule has 0 radical (unpaired) electrons. The molecule has 1 atom stereocenters. The highest BCUT2D eigenvalue weighted by atomic mass is 16.6. The molecule has 2 heterocycles. The van der Waals surface area contributed by atoms with E-state index in [0.29, 0.717) is 49.8 Å². The van der Waals surface area contributed by atoms with Crippen molar-refractivity contribution in [3.8, 4) is 11.5 Å². The van der Waals surface area contributed by atoms with Gasteiger partial charge in [0.25, 0.3) is 5.91 Å². The molecule has 0 saturated carbocycles. The van der Waals surface area contributed by atoms with E-state index in [0.717, 1.165) is 0 Å². The number of piperidine rings is 1. The summed E-state index contributed by atoms with van der Waals surface area (Å²) in [7, 11) is 0. The highest BCUT2D eigenvalue weighted by Gasteiger charge is 2.30. The first kappa shape index (κ1) is 13.0. The molecule has 0 aromatic heterocycles. The molecule has 0 aliphatic carbocycles. The fourth-order valence-corrected chi connectivity index (χ4v) is 2.61. The zero-order chi connectivity index (χ0) is 14.1. The van der Waals surface area contributed by atoms with E-state index in [4.69, 9.17) is 9.47 Å². The number of Topliss-reactive ketones (excluding diaryl/α,β-unsaturated/α-hetero) is 1. The number of rotatable bonds is 1. The van der Waals surface area contributed by atoms with Crippen LogP contribution in [0.25, 0.3) is 0 Å². The number of ether oxygens (including phenoxy) is 2. The Bertz CT molecular complexity index is 555. The molecule has 1 saturated heterocycles. The van der Waals surface area contributed by atoms with Crippen molar-refractivity contribution < 1.29 is 19.1 Å². The average molecular weight is 275 g/mol. The number of carbonyl (C=O) groups excluding carboxylic acids is 2. The number of likely N-dealkylation sites (tertiary alicyclic amines) is 1. The van der Waals surface area contributed by atoms with E-state index >= 15 is 0 Å². The third-order valence-electron chi connectivity index (χ3n) is 3.76. The number of amides is 1. The van der Waals surface area contributed by atoms with Gasteiger partial charge in [-0.3, -0.25) is 9.59 Å². The van der Waals surface area contributed by atoms with E-state index in [1.54, 1.807) is 23.1 Å². The molecular weight excluding hydrogens is 258 g/mol. The topological polar surface area (TPSA) is 55.8 Å². The maximum Gasteiger partial charge on any atom is 0.257 e. The Morgan fingerprint density at radius 3 is 2.90 bits per heavy atom. The predicted molar refractivity (Wildman–Crippen MR) is 72.1 cm³/mol. The number of nitrogens with zero attached hydrogens (tertiary/aromatic N) is 1. The lowest BCUT2D eigenvalue weighted by molar-refractivity contribution is -0.124. The van der Waals surface area contributed by atoms with E-state index in [2.05, 4.69) is 0 Å². The fraction of sp³-hybridized carbons (Fsp3) is 0.467. The summed E-state index contributed by atoms with van der Waals surface area (Å²) in [6.07, 6.45) is 0.430. The second kappa shape index (κ2) is 5.15. The molecule has 1 unspecified atom stereocenters. The molecular formula is C15H17NO4. The number of para-hydroxylation sites is 1. The van der Waals surface area contributed by atoms with E-state index in [1.165, 1.54) is 0 Å². The predicted octanol–water partition coefficient (Wildman–Crippen LogP) is 1.51. The quantitative estimate of drug-likeness (QED) is 0.779. The number of benzene rings is 1. The lowest BCUT2D eigenvalue weighted by Crippen LogP contribution is -2.43. The second-order valence-corrected chi connectivity index (χ2v) is 5.20. The summed E-state index contributed by atoms with van der Waals surface area (Å²) in [5.74, 6) is 1.18. The lowest BCUT2D eigenvalue weighted by atomic mass is 9.98. The minimum absolute atomic E-state index is 0.0910. The van der Waals surface area contributed by atoms with Crippen LogP contribution in [-0.2, 0) is 4.79 Å². The number of hydrogen-bond donors (Lipinski definition) is 0. The van der Waals surface area contributed by atoms with Gasteiger partial charge >= 0.3 is 0 Å². The smallest absolute Gasteiger partial charge is 0.257 e. The number of ketones is 1. The molecule has 3 rings (SSSR count). The van der Waals surface area contributed by atoms with Gasteiger partial charge in [-0.2, -0.15) is 0 Å². The Kier molecular flexibility index (Phi) is 3.34. The molecule has 2 aliphatic rings. The van der Waals surface area contributed by atoms with Crippen LogP contribution < -0.4 is 9.47 Å². The first-order valence-electron chi connectivity index (χ1n) is 6.87. The highest BCUT2D eigenvalue weighted by Crippen LogP contribution is 2.34. The van der Waals surface area contributed by atoms with Crippen molar-refractivity contribution in [1.29, 1.82) is 0 Å². The molecule has 0 spiro atoms. The lowest BCUT2D eigenvalue weighted by Gasteiger charge is -2.31. The standard InChI is InChI=1S/C15H17NO4/c1-10-9-16(6-5-12(10)17)15(18)11-3-2-4-13-14(11)20-8-7-19-13/h2-4,10H,5-9H2,1H3. The molecule has 1 fully saturated rings. The van der Waals surface area contributed by atoms with Crippen LogP contribution in [-0.4, -0.2) is 42.9 Å². The third kappa shape index (κ3) is 2.24. The molecule has 1 aromatic carbocycles. The van der Waals surface area contributed by atoms with Crippen molar-refractivity contribution in [3.63, 3.8) is 0 Å². The summed E-state index contributed by atoms with van der Waals surface area (Å²) in [5.41, 5.74) is 0.517. The zero-order valence-corrected chi connectivity index (χ0v) is 11.4. The van der Waals surface area contributed by atoms with Crippen LogP contribution in [0, 0.1) is 5.92 Å². The number of hydrogen-bond acceptors (Lipinski definition) is 4. The van der Waals surface area contributed by atoms with Crippen molar-refractivity contribution in [2.24, 2.45) is 5.92 Å². The Labute approximate surface area is 117 Å². The summed E-state index contributed by atoms with van der Waals surface area (Å²) in [6, 6.07) is 5.34. The van der Waals surface area contributed by atoms with Crippen LogP contribution in [0.4, 0.5) is 0 Å². The Morgan fingerprint density at radius 1 is 1.30 bits per heavy atom. The van der Waals surface area contributed by atoms with E-state index in [9.17, 15) is 9.59 Å². The molecule has 0 N–H and O–H groups in total. The van der Waals surface area contributed by atoms with E-state index < -0.39 is 0 Å². The highest BCUT2D eigenvalue weighted by molar-refractivity contribution is 5.99. The monoisotopic (exact) mass is 275 g/mol. The normalized spacial score (nSPS) is 21.8. The molecule has 2 aliphatic heterocycles. The first-order valence-corrected chi connectivity index (χ1v) is 6.87. The van der Waals surface area contributed by atoms with Crippen LogP contribution in [0.15, 0.2) is 18.2 Å². The van der Waals surface area contributed by atoms with Crippen LogP contribution in [0.3, 0.4) is 0 Å². The van der Waals surface area contributed by atoms with Crippen molar-refractivity contribution in [3.05, 3.63) is 23.8 Å². The summed E-state index contributed by atoms with van der Waals surface area (Å²) in [6.45, 7) is 3.77. The van der Waals surface area contributed by atoms with Crippen LogP contribution >= 0.6 is 0 Å². The van der Waals surface area contributed by atoms with Crippen LogP contribution in [0.2, 0.25) is 0 Å². The maximum absolute atomic E-state index is 12.6.